The van der Waals surface area contributed by atoms with E-state index in [1.165, 1.54) is 15.9 Å². The summed E-state index contributed by atoms with van der Waals surface area (Å²) in [5, 5.41) is 7.24. The second kappa shape index (κ2) is 5.72. The fraction of sp³-hybridized carbons (Fsp3) is 0. The first-order valence-corrected chi connectivity index (χ1v) is 8.97. The Morgan fingerprint density at radius 2 is 2.09 bits per heavy atom. The minimum atomic E-state index is -0.178. The molecule has 23 heavy (non-hydrogen) atoms. The second-order valence-electron chi connectivity index (χ2n) is 4.69. The van der Waals surface area contributed by atoms with Crippen molar-refractivity contribution in [2.24, 2.45) is 0 Å². The summed E-state index contributed by atoms with van der Waals surface area (Å²) in [4.78, 5) is 18.4. The number of fused-ring (bicyclic) bond motifs is 1. The van der Waals surface area contributed by atoms with Gasteiger partial charge in [-0.1, -0.05) is 40.6 Å². The van der Waals surface area contributed by atoms with Gasteiger partial charge in [0.2, 0.25) is 4.96 Å². The zero-order valence-electron chi connectivity index (χ0n) is 11.4. The van der Waals surface area contributed by atoms with Gasteiger partial charge in [0.15, 0.2) is 5.82 Å². The Morgan fingerprint density at radius 3 is 2.78 bits per heavy atom. The molecular formula is C15H7Cl2N3OS2. The SMILES string of the molecule is O=c1/c(=C\c2cccs2)sc2nc(-c3ccc(Cl)cc3Cl)nn12. The summed E-state index contributed by atoms with van der Waals surface area (Å²) in [7, 11) is 0. The summed E-state index contributed by atoms with van der Waals surface area (Å²) in [5.41, 5.74) is 0.470. The van der Waals surface area contributed by atoms with E-state index in [1.54, 1.807) is 29.5 Å². The van der Waals surface area contributed by atoms with Crippen molar-refractivity contribution >= 4 is 56.9 Å². The third-order valence-corrected chi connectivity index (χ3v) is 5.50. The molecule has 3 aromatic heterocycles. The summed E-state index contributed by atoms with van der Waals surface area (Å²) in [5.74, 6) is 0.415. The molecule has 0 aliphatic heterocycles. The number of thiazole rings is 1. The zero-order chi connectivity index (χ0) is 16.0. The number of aromatic nitrogens is 3. The molecule has 4 rings (SSSR count). The van der Waals surface area contributed by atoms with Gasteiger partial charge in [-0.2, -0.15) is 9.50 Å². The predicted octanol–water partition coefficient (Wildman–Crippen LogP) is 3.73. The van der Waals surface area contributed by atoms with Gasteiger partial charge in [-0.05, 0) is 35.7 Å². The minimum absolute atomic E-state index is 0.178. The molecule has 0 saturated carbocycles. The normalized spacial score (nSPS) is 12.3. The molecule has 0 atom stereocenters. The summed E-state index contributed by atoms with van der Waals surface area (Å²) in [6, 6.07) is 8.98. The van der Waals surface area contributed by atoms with Crippen LogP contribution in [0.4, 0.5) is 0 Å². The molecule has 0 bridgehead atoms. The molecule has 0 unspecified atom stereocenters. The van der Waals surface area contributed by atoms with Crippen LogP contribution in [-0.2, 0) is 0 Å². The van der Waals surface area contributed by atoms with Gasteiger partial charge in [0, 0.05) is 15.5 Å². The Kier molecular flexibility index (Phi) is 3.69. The third kappa shape index (κ3) is 2.68. The summed E-state index contributed by atoms with van der Waals surface area (Å²) >= 11 is 14.9. The molecule has 1 aromatic carbocycles. The first-order valence-electron chi connectivity index (χ1n) is 6.52. The Morgan fingerprint density at radius 1 is 1.22 bits per heavy atom. The molecule has 114 valence electrons. The van der Waals surface area contributed by atoms with E-state index in [1.807, 2.05) is 23.6 Å². The standard InChI is InChI=1S/C15H7Cl2N3OS2/c16-8-3-4-10(11(17)6-8)13-18-15-20(19-13)14(21)12(23-15)7-9-2-1-5-22-9/h1-7H/b12-7+. The van der Waals surface area contributed by atoms with Gasteiger partial charge in [-0.3, -0.25) is 4.79 Å². The van der Waals surface area contributed by atoms with Gasteiger partial charge in [-0.25, -0.2) is 0 Å². The van der Waals surface area contributed by atoms with Crippen molar-refractivity contribution in [2.45, 2.75) is 0 Å². The van der Waals surface area contributed by atoms with Crippen molar-refractivity contribution in [3.05, 3.63) is 65.5 Å². The maximum absolute atomic E-state index is 12.4. The van der Waals surface area contributed by atoms with Crippen molar-refractivity contribution in [3.63, 3.8) is 0 Å². The summed E-state index contributed by atoms with van der Waals surface area (Å²) in [6.07, 6.45) is 1.85. The molecule has 0 fully saturated rings. The first kappa shape index (κ1) is 14.8. The molecule has 3 heterocycles. The van der Waals surface area contributed by atoms with Gasteiger partial charge in [0.05, 0.1) is 9.55 Å². The molecule has 0 aliphatic rings. The number of nitrogens with zero attached hydrogens (tertiary/aromatic N) is 3. The fourth-order valence-electron chi connectivity index (χ4n) is 2.12. The number of rotatable bonds is 2. The largest absolute Gasteiger partial charge is 0.291 e. The lowest BCUT2D eigenvalue weighted by molar-refractivity contribution is 0.937. The van der Waals surface area contributed by atoms with Crippen LogP contribution in [0.1, 0.15) is 4.88 Å². The lowest BCUT2D eigenvalue weighted by atomic mass is 10.2. The van der Waals surface area contributed by atoms with Gasteiger partial charge < -0.3 is 0 Å². The highest BCUT2D eigenvalue weighted by molar-refractivity contribution is 7.15. The van der Waals surface area contributed by atoms with Crippen molar-refractivity contribution < 1.29 is 0 Å². The zero-order valence-corrected chi connectivity index (χ0v) is 14.5. The molecule has 4 aromatic rings. The predicted molar refractivity (Wildman–Crippen MR) is 95.7 cm³/mol. The van der Waals surface area contributed by atoms with Gasteiger partial charge >= 0.3 is 0 Å². The average Bonchev–Trinajstić information content (AvgIpc) is 3.20. The van der Waals surface area contributed by atoms with Crippen LogP contribution in [0.3, 0.4) is 0 Å². The minimum Gasteiger partial charge on any atom is -0.266 e. The highest BCUT2D eigenvalue weighted by Crippen LogP contribution is 2.28. The average molecular weight is 380 g/mol. The summed E-state index contributed by atoms with van der Waals surface area (Å²) < 4.78 is 1.92. The van der Waals surface area contributed by atoms with Gasteiger partial charge in [-0.15, -0.1) is 16.4 Å². The topological polar surface area (TPSA) is 47.3 Å². The number of halogens is 2. The van der Waals surface area contributed by atoms with Gasteiger partial charge in [0.25, 0.3) is 5.56 Å². The van der Waals surface area contributed by atoms with Crippen LogP contribution in [0.5, 0.6) is 0 Å². The second-order valence-corrected chi connectivity index (χ2v) is 7.52. The van der Waals surface area contributed by atoms with E-state index >= 15 is 0 Å². The number of thiophene rings is 1. The molecule has 0 radical (unpaired) electrons. The van der Waals surface area contributed by atoms with Crippen LogP contribution in [-0.4, -0.2) is 14.6 Å². The summed E-state index contributed by atoms with van der Waals surface area (Å²) in [6.45, 7) is 0. The lowest BCUT2D eigenvalue weighted by Gasteiger charge is -1.98. The first-order chi connectivity index (χ1) is 11.1. The van der Waals surface area contributed by atoms with Crippen LogP contribution < -0.4 is 10.1 Å². The Labute approximate surface area is 148 Å². The van der Waals surface area contributed by atoms with E-state index in [2.05, 4.69) is 10.1 Å². The maximum atomic E-state index is 12.4. The smallest absolute Gasteiger partial charge is 0.266 e. The number of benzene rings is 1. The van der Waals surface area contributed by atoms with Crippen molar-refractivity contribution in [3.8, 4) is 11.4 Å². The number of hydrogen-bond donors (Lipinski definition) is 0. The molecule has 0 spiro atoms. The van der Waals surface area contributed by atoms with E-state index < -0.39 is 0 Å². The van der Waals surface area contributed by atoms with Crippen LogP contribution in [0.15, 0.2) is 40.5 Å². The quantitative estimate of drug-likeness (QED) is 0.532. The fourth-order valence-corrected chi connectivity index (χ4v) is 4.24. The Hall–Kier alpha value is -1.73. The van der Waals surface area contributed by atoms with Gasteiger partial charge in [0.1, 0.15) is 0 Å². The van der Waals surface area contributed by atoms with Crippen LogP contribution in [0, 0.1) is 0 Å². The van der Waals surface area contributed by atoms with Crippen molar-refractivity contribution in [2.75, 3.05) is 0 Å². The molecule has 8 heteroatoms. The maximum Gasteiger partial charge on any atom is 0.291 e. The Bertz CT molecular complexity index is 1120. The van der Waals surface area contributed by atoms with Crippen LogP contribution in [0.2, 0.25) is 10.0 Å². The van der Waals surface area contributed by atoms with E-state index in [9.17, 15) is 4.79 Å². The van der Waals surface area contributed by atoms with Crippen LogP contribution in [0.25, 0.3) is 22.4 Å². The highest BCUT2D eigenvalue weighted by atomic mass is 35.5. The lowest BCUT2D eigenvalue weighted by Crippen LogP contribution is -2.23. The number of hydrogen-bond acceptors (Lipinski definition) is 5. The van der Waals surface area contributed by atoms with Crippen molar-refractivity contribution in [1.82, 2.24) is 14.6 Å². The van der Waals surface area contributed by atoms with Crippen molar-refractivity contribution in [1.29, 1.82) is 0 Å². The molecule has 0 aliphatic carbocycles. The highest BCUT2D eigenvalue weighted by Gasteiger charge is 2.14. The van der Waals surface area contributed by atoms with E-state index in [-0.39, 0.29) is 5.56 Å². The van der Waals surface area contributed by atoms with E-state index in [0.717, 1.165) is 4.88 Å². The molecule has 0 N–H and O–H groups in total. The molecule has 0 saturated heterocycles. The Balaban J connectivity index is 1.86. The molecule has 0 amide bonds. The van der Waals surface area contributed by atoms with E-state index in [4.69, 9.17) is 23.2 Å². The molecule has 4 nitrogen and oxygen atoms in total. The van der Waals surface area contributed by atoms with E-state index in [0.29, 0.717) is 30.9 Å². The third-order valence-electron chi connectivity index (χ3n) is 3.17. The molecular weight excluding hydrogens is 373 g/mol. The monoisotopic (exact) mass is 379 g/mol. The van der Waals surface area contributed by atoms with Crippen LogP contribution >= 0.6 is 45.9 Å².